The summed E-state index contributed by atoms with van der Waals surface area (Å²) < 4.78 is 0. The standard InChI is InChI=1S/C11H20N2O3/c1-7-4-8(7)5-12-10(16)13-6-11(2,3)9(14)15/h7-8H,4-6H2,1-3H3,(H,14,15)(H2,12,13,16). The molecule has 1 aliphatic rings. The largest absolute Gasteiger partial charge is 0.481 e. The molecule has 0 bridgehead atoms. The van der Waals surface area contributed by atoms with Crippen LogP contribution in [0.15, 0.2) is 0 Å². The minimum atomic E-state index is -0.926. The highest BCUT2D eigenvalue weighted by Crippen LogP contribution is 2.36. The summed E-state index contributed by atoms with van der Waals surface area (Å²) in [7, 11) is 0. The number of rotatable bonds is 5. The van der Waals surface area contributed by atoms with Gasteiger partial charge in [-0.1, -0.05) is 6.92 Å². The van der Waals surface area contributed by atoms with E-state index in [4.69, 9.17) is 5.11 Å². The van der Waals surface area contributed by atoms with Crippen LogP contribution in [0.1, 0.15) is 27.2 Å². The molecule has 0 saturated heterocycles. The molecule has 2 unspecified atom stereocenters. The van der Waals surface area contributed by atoms with E-state index < -0.39 is 11.4 Å². The van der Waals surface area contributed by atoms with Crippen molar-refractivity contribution in [1.82, 2.24) is 10.6 Å². The summed E-state index contributed by atoms with van der Waals surface area (Å²) in [5.74, 6) is 0.387. The Labute approximate surface area is 95.6 Å². The summed E-state index contributed by atoms with van der Waals surface area (Å²) in [6.07, 6.45) is 1.17. The summed E-state index contributed by atoms with van der Waals surface area (Å²) in [6.45, 7) is 6.13. The van der Waals surface area contributed by atoms with Crippen molar-refractivity contribution in [2.24, 2.45) is 17.3 Å². The molecule has 92 valence electrons. The first-order chi connectivity index (χ1) is 7.33. The van der Waals surface area contributed by atoms with E-state index in [0.717, 1.165) is 0 Å². The molecule has 1 aliphatic carbocycles. The van der Waals surface area contributed by atoms with Crippen LogP contribution in [0.3, 0.4) is 0 Å². The van der Waals surface area contributed by atoms with Crippen molar-refractivity contribution in [2.75, 3.05) is 13.1 Å². The summed E-state index contributed by atoms with van der Waals surface area (Å²) in [5, 5.41) is 14.2. The minimum Gasteiger partial charge on any atom is -0.481 e. The van der Waals surface area contributed by atoms with Crippen LogP contribution >= 0.6 is 0 Å². The maximum atomic E-state index is 11.3. The van der Waals surface area contributed by atoms with E-state index in [0.29, 0.717) is 18.4 Å². The third-order valence-corrected chi connectivity index (χ3v) is 3.07. The van der Waals surface area contributed by atoms with Gasteiger partial charge in [0.25, 0.3) is 0 Å². The fourth-order valence-corrected chi connectivity index (χ4v) is 1.35. The third kappa shape index (κ3) is 3.72. The average molecular weight is 228 g/mol. The molecule has 0 radical (unpaired) electrons. The Balaban J connectivity index is 2.17. The summed E-state index contributed by atoms with van der Waals surface area (Å²) >= 11 is 0. The van der Waals surface area contributed by atoms with Gasteiger partial charge in [-0.3, -0.25) is 4.79 Å². The van der Waals surface area contributed by atoms with Gasteiger partial charge in [0.2, 0.25) is 0 Å². The van der Waals surface area contributed by atoms with Crippen LogP contribution < -0.4 is 10.6 Å². The lowest BCUT2D eigenvalue weighted by Gasteiger charge is -2.19. The van der Waals surface area contributed by atoms with Gasteiger partial charge in [-0.2, -0.15) is 0 Å². The number of carbonyl (C=O) groups is 2. The molecule has 0 heterocycles. The van der Waals surface area contributed by atoms with Crippen LogP contribution in [0.4, 0.5) is 4.79 Å². The van der Waals surface area contributed by atoms with Crippen molar-refractivity contribution < 1.29 is 14.7 Å². The number of amides is 2. The van der Waals surface area contributed by atoms with Gasteiger partial charge < -0.3 is 15.7 Å². The fraction of sp³-hybridized carbons (Fsp3) is 0.818. The highest BCUT2D eigenvalue weighted by Gasteiger charge is 2.32. The molecule has 0 aliphatic heterocycles. The molecule has 5 heteroatoms. The van der Waals surface area contributed by atoms with Crippen molar-refractivity contribution in [3.8, 4) is 0 Å². The predicted octanol–water partition coefficient (Wildman–Crippen LogP) is 1.05. The summed E-state index contributed by atoms with van der Waals surface area (Å²) in [5.41, 5.74) is -0.926. The van der Waals surface area contributed by atoms with Gasteiger partial charge in [0.1, 0.15) is 0 Å². The zero-order valence-electron chi connectivity index (χ0n) is 10.0. The number of hydrogen-bond donors (Lipinski definition) is 3. The SMILES string of the molecule is CC1CC1CNC(=O)NCC(C)(C)C(=O)O. The highest BCUT2D eigenvalue weighted by molar-refractivity contribution is 5.77. The number of carboxylic acids is 1. The monoisotopic (exact) mass is 228 g/mol. The van der Waals surface area contributed by atoms with Gasteiger partial charge in [0, 0.05) is 13.1 Å². The molecule has 2 amide bonds. The normalized spacial score (nSPS) is 23.7. The van der Waals surface area contributed by atoms with Crippen LogP contribution in [0.2, 0.25) is 0 Å². The summed E-state index contributed by atoms with van der Waals surface area (Å²) in [6, 6.07) is -0.284. The molecule has 1 fully saturated rings. The Morgan fingerprint density at radius 3 is 2.38 bits per heavy atom. The molecular formula is C11H20N2O3. The fourth-order valence-electron chi connectivity index (χ4n) is 1.35. The van der Waals surface area contributed by atoms with Crippen molar-refractivity contribution in [3.63, 3.8) is 0 Å². The number of urea groups is 1. The molecule has 0 aromatic carbocycles. The van der Waals surface area contributed by atoms with Gasteiger partial charge in [-0.25, -0.2) is 4.79 Å². The Hall–Kier alpha value is -1.26. The molecule has 0 aromatic heterocycles. The molecule has 5 nitrogen and oxygen atoms in total. The van der Waals surface area contributed by atoms with E-state index in [1.807, 2.05) is 0 Å². The molecule has 0 aromatic rings. The minimum absolute atomic E-state index is 0.133. The first kappa shape index (κ1) is 12.8. The Morgan fingerprint density at radius 1 is 1.38 bits per heavy atom. The summed E-state index contributed by atoms with van der Waals surface area (Å²) in [4.78, 5) is 22.1. The molecule has 3 N–H and O–H groups in total. The van der Waals surface area contributed by atoms with Gasteiger partial charge in [-0.15, -0.1) is 0 Å². The van der Waals surface area contributed by atoms with E-state index >= 15 is 0 Å². The smallest absolute Gasteiger partial charge is 0.314 e. The van der Waals surface area contributed by atoms with Crippen LogP contribution in [0.25, 0.3) is 0 Å². The zero-order valence-corrected chi connectivity index (χ0v) is 10.0. The van der Waals surface area contributed by atoms with E-state index in [2.05, 4.69) is 17.6 Å². The van der Waals surface area contributed by atoms with Crippen molar-refractivity contribution in [2.45, 2.75) is 27.2 Å². The van der Waals surface area contributed by atoms with Crippen molar-refractivity contribution >= 4 is 12.0 Å². The quantitative estimate of drug-likeness (QED) is 0.658. The van der Waals surface area contributed by atoms with Crippen molar-refractivity contribution in [3.05, 3.63) is 0 Å². The Morgan fingerprint density at radius 2 is 1.94 bits per heavy atom. The molecule has 2 atom stereocenters. The van der Waals surface area contributed by atoms with Crippen LogP contribution in [-0.2, 0) is 4.79 Å². The zero-order chi connectivity index (χ0) is 12.3. The second kappa shape index (κ2) is 4.72. The Kier molecular flexibility index (Phi) is 3.78. The second-order valence-corrected chi connectivity index (χ2v) is 5.23. The third-order valence-electron chi connectivity index (χ3n) is 3.07. The molecule has 1 saturated carbocycles. The average Bonchev–Trinajstić information content (AvgIpc) is 2.88. The van der Waals surface area contributed by atoms with Crippen LogP contribution in [0.5, 0.6) is 0 Å². The van der Waals surface area contributed by atoms with Gasteiger partial charge >= 0.3 is 12.0 Å². The lowest BCUT2D eigenvalue weighted by molar-refractivity contribution is -0.146. The maximum Gasteiger partial charge on any atom is 0.314 e. The maximum absolute atomic E-state index is 11.3. The number of carbonyl (C=O) groups excluding carboxylic acids is 1. The van der Waals surface area contributed by atoms with E-state index in [-0.39, 0.29) is 12.6 Å². The molecular weight excluding hydrogens is 208 g/mol. The molecule has 16 heavy (non-hydrogen) atoms. The number of hydrogen-bond acceptors (Lipinski definition) is 2. The van der Waals surface area contributed by atoms with E-state index in [1.165, 1.54) is 6.42 Å². The van der Waals surface area contributed by atoms with Gasteiger partial charge in [0.05, 0.1) is 5.41 Å². The van der Waals surface area contributed by atoms with Crippen LogP contribution in [-0.4, -0.2) is 30.2 Å². The molecule has 0 spiro atoms. The first-order valence-electron chi connectivity index (χ1n) is 5.58. The number of carboxylic acid groups (broad SMARTS) is 1. The number of aliphatic carboxylic acids is 1. The van der Waals surface area contributed by atoms with Gasteiger partial charge in [-0.05, 0) is 32.1 Å². The second-order valence-electron chi connectivity index (χ2n) is 5.23. The Bertz CT molecular complexity index is 289. The lowest BCUT2D eigenvalue weighted by Crippen LogP contribution is -2.44. The topological polar surface area (TPSA) is 78.4 Å². The van der Waals surface area contributed by atoms with Gasteiger partial charge in [0.15, 0.2) is 0 Å². The predicted molar refractivity (Wildman–Crippen MR) is 60.1 cm³/mol. The van der Waals surface area contributed by atoms with E-state index in [1.54, 1.807) is 13.8 Å². The van der Waals surface area contributed by atoms with E-state index in [9.17, 15) is 9.59 Å². The van der Waals surface area contributed by atoms with Crippen LogP contribution in [0, 0.1) is 17.3 Å². The highest BCUT2D eigenvalue weighted by atomic mass is 16.4. The van der Waals surface area contributed by atoms with Crippen molar-refractivity contribution in [1.29, 1.82) is 0 Å². The lowest BCUT2D eigenvalue weighted by atomic mass is 9.94. The first-order valence-corrected chi connectivity index (χ1v) is 5.58. The number of nitrogens with one attached hydrogen (secondary N) is 2. The molecule has 1 rings (SSSR count).